The molecule has 1 aliphatic rings. The predicted molar refractivity (Wildman–Crippen MR) is 72.5 cm³/mol. The monoisotopic (exact) mass is 225 g/mol. The van der Waals surface area contributed by atoms with Gasteiger partial charge in [-0.2, -0.15) is 0 Å². The van der Waals surface area contributed by atoms with Gasteiger partial charge in [-0.3, -0.25) is 4.99 Å². The standard InChI is InChI=1S/C14H15N3/c1-2-5-12-10-13(7-6-11(12)4-1)17-14-15-8-3-9-16-14/h1-2,4-7,10H,3,8-9H2,(H2,15,16,17). The minimum atomic E-state index is 0.881. The first kappa shape index (κ1) is 10.1. The van der Waals surface area contributed by atoms with E-state index in [2.05, 4.69) is 58.1 Å². The minimum absolute atomic E-state index is 0.881. The second kappa shape index (κ2) is 4.45. The molecule has 2 N–H and O–H groups in total. The van der Waals surface area contributed by atoms with Gasteiger partial charge in [-0.15, -0.1) is 0 Å². The van der Waals surface area contributed by atoms with Crippen molar-refractivity contribution in [3.05, 3.63) is 42.5 Å². The molecular formula is C14H15N3. The molecule has 0 aliphatic carbocycles. The Bertz CT molecular complexity index is 560. The van der Waals surface area contributed by atoms with E-state index in [9.17, 15) is 0 Å². The van der Waals surface area contributed by atoms with Crippen LogP contribution in [0.15, 0.2) is 47.5 Å². The van der Waals surface area contributed by atoms with Crippen molar-refractivity contribution in [1.82, 2.24) is 5.32 Å². The van der Waals surface area contributed by atoms with Gasteiger partial charge in [-0.25, -0.2) is 0 Å². The van der Waals surface area contributed by atoms with E-state index in [0.29, 0.717) is 0 Å². The highest BCUT2D eigenvalue weighted by Crippen LogP contribution is 2.18. The van der Waals surface area contributed by atoms with Crippen LogP contribution in [-0.4, -0.2) is 19.0 Å². The van der Waals surface area contributed by atoms with Crippen molar-refractivity contribution in [2.75, 3.05) is 18.4 Å². The van der Waals surface area contributed by atoms with Gasteiger partial charge in [-0.05, 0) is 29.3 Å². The van der Waals surface area contributed by atoms with Crippen molar-refractivity contribution in [2.24, 2.45) is 4.99 Å². The van der Waals surface area contributed by atoms with Gasteiger partial charge in [0.25, 0.3) is 0 Å². The number of benzene rings is 2. The summed E-state index contributed by atoms with van der Waals surface area (Å²) in [5.41, 5.74) is 1.08. The molecule has 3 nitrogen and oxygen atoms in total. The number of hydrogen-bond acceptors (Lipinski definition) is 3. The normalized spacial score (nSPS) is 15.2. The van der Waals surface area contributed by atoms with Crippen molar-refractivity contribution in [3.8, 4) is 0 Å². The summed E-state index contributed by atoms with van der Waals surface area (Å²) in [6.07, 6.45) is 1.11. The molecule has 0 saturated heterocycles. The quantitative estimate of drug-likeness (QED) is 0.782. The lowest BCUT2D eigenvalue weighted by atomic mass is 10.1. The molecular weight excluding hydrogens is 210 g/mol. The maximum absolute atomic E-state index is 4.40. The highest BCUT2D eigenvalue weighted by Gasteiger charge is 2.04. The largest absolute Gasteiger partial charge is 0.356 e. The molecule has 1 heterocycles. The summed E-state index contributed by atoms with van der Waals surface area (Å²) in [4.78, 5) is 4.40. The summed E-state index contributed by atoms with van der Waals surface area (Å²) in [7, 11) is 0. The molecule has 0 unspecified atom stereocenters. The van der Waals surface area contributed by atoms with Crippen molar-refractivity contribution in [1.29, 1.82) is 0 Å². The Labute approximate surface area is 101 Å². The fraction of sp³-hybridized carbons (Fsp3) is 0.214. The molecule has 0 atom stereocenters. The number of fused-ring (bicyclic) bond motifs is 1. The molecule has 0 saturated carbocycles. The van der Waals surface area contributed by atoms with Gasteiger partial charge in [0.2, 0.25) is 0 Å². The third kappa shape index (κ3) is 2.23. The van der Waals surface area contributed by atoms with E-state index in [1.165, 1.54) is 10.8 Å². The van der Waals surface area contributed by atoms with Crippen molar-refractivity contribution in [2.45, 2.75) is 6.42 Å². The van der Waals surface area contributed by atoms with Crippen LogP contribution in [0.5, 0.6) is 0 Å². The summed E-state index contributed by atoms with van der Waals surface area (Å²) in [6, 6.07) is 14.7. The smallest absolute Gasteiger partial charge is 0.195 e. The van der Waals surface area contributed by atoms with Gasteiger partial charge < -0.3 is 10.6 Å². The number of nitrogens with zero attached hydrogens (tertiary/aromatic N) is 1. The lowest BCUT2D eigenvalue weighted by Gasteiger charge is -2.16. The first-order valence-corrected chi connectivity index (χ1v) is 5.96. The Morgan fingerprint density at radius 3 is 2.76 bits per heavy atom. The number of anilines is 1. The average Bonchev–Trinajstić information content (AvgIpc) is 2.40. The Hall–Kier alpha value is -2.03. The molecule has 0 bridgehead atoms. The zero-order valence-electron chi connectivity index (χ0n) is 9.61. The number of nitrogens with one attached hydrogen (secondary N) is 2. The van der Waals surface area contributed by atoms with E-state index in [4.69, 9.17) is 0 Å². The molecule has 0 fully saturated rings. The first-order chi connectivity index (χ1) is 8.42. The van der Waals surface area contributed by atoms with Gasteiger partial charge in [0.05, 0.1) is 0 Å². The van der Waals surface area contributed by atoms with Crippen LogP contribution < -0.4 is 10.6 Å². The van der Waals surface area contributed by atoms with Crippen LogP contribution in [0.4, 0.5) is 5.69 Å². The van der Waals surface area contributed by atoms with E-state index in [1.807, 2.05) is 0 Å². The predicted octanol–water partition coefficient (Wildman–Crippen LogP) is 2.60. The minimum Gasteiger partial charge on any atom is -0.356 e. The van der Waals surface area contributed by atoms with Gasteiger partial charge in [0, 0.05) is 18.8 Å². The fourth-order valence-corrected chi connectivity index (χ4v) is 2.02. The lowest BCUT2D eigenvalue weighted by Crippen LogP contribution is -2.35. The number of rotatable bonds is 1. The molecule has 86 valence electrons. The fourth-order valence-electron chi connectivity index (χ4n) is 2.02. The van der Waals surface area contributed by atoms with Crippen LogP contribution in [0.3, 0.4) is 0 Å². The van der Waals surface area contributed by atoms with Crippen LogP contribution in [0.25, 0.3) is 10.8 Å². The Kier molecular flexibility index (Phi) is 2.66. The molecule has 17 heavy (non-hydrogen) atoms. The summed E-state index contributed by atoms with van der Waals surface area (Å²) in [6.45, 7) is 1.91. The SMILES string of the molecule is c1ccc2cc(NC3=NCCCN3)ccc2c1. The van der Waals surface area contributed by atoms with Crippen molar-refractivity contribution >= 4 is 22.4 Å². The molecule has 2 aromatic carbocycles. The second-order valence-electron chi connectivity index (χ2n) is 4.20. The van der Waals surface area contributed by atoms with Crippen molar-refractivity contribution in [3.63, 3.8) is 0 Å². The maximum atomic E-state index is 4.40. The molecule has 0 spiro atoms. The highest BCUT2D eigenvalue weighted by atomic mass is 15.2. The first-order valence-electron chi connectivity index (χ1n) is 5.96. The molecule has 3 rings (SSSR count). The highest BCUT2D eigenvalue weighted by molar-refractivity contribution is 5.96. The molecule has 3 heteroatoms. The van der Waals surface area contributed by atoms with E-state index >= 15 is 0 Å². The summed E-state index contributed by atoms with van der Waals surface area (Å²) in [5.74, 6) is 0.881. The van der Waals surface area contributed by atoms with Crippen LogP contribution >= 0.6 is 0 Å². The van der Waals surface area contributed by atoms with Crippen LogP contribution in [0.2, 0.25) is 0 Å². The number of aliphatic imine (C=N–C) groups is 1. The molecule has 0 radical (unpaired) electrons. The zero-order chi connectivity index (χ0) is 11.5. The summed E-state index contributed by atoms with van der Waals surface area (Å²) < 4.78 is 0. The molecule has 1 aliphatic heterocycles. The Morgan fingerprint density at radius 2 is 1.94 bits per heavy atom. The van der Waals surface area contributed by atoms with E-state index in [0.717, 1.165) is 31.2 Å². The Morgan fingerprint density at radius 1 is 1.06 bits per heavy atom. The van der Waals surface area contributed by atoms with Crippen molar-refractivity contribution < 1.29 is 0 Å². The van der Waals surface area contributed by atoms with Gasteiger partial charge in [0.1, 0.15) is 0 Å². The lowest BCUT2D eigenvalue weighted by molar-refractivity contribution is 0.740. The molecule has 0 amide bonds. The summed E-state index contributed by atoms with van der Waals surface area (Å²) in [5, 5.41) is 9.07. The van der Waals surface area contributed by atoms with Crippen LogP contribution in [-0.2, 0) is 0 Å². The van der Waals surface area contributed by atoms with E-state index in [1.54, 1.807) is 0 Å². The van der Waals surface area contributed by atoms with Gasteiger partial charge in [0.15, 0.2) is 5.96 Å². The van der Waals surface area contributed by atoms with E-state index < -0.39 is 0 Å². The molecule has 2 aromatic rings. The van der Waals surface area contributed by atoms with Gasteiger partial charge >= 0.3 is 0 Å². The number of guanidine groups is 1. The third-order valence-corrected chi connectivity index (χ3v) is 2.91. The van der Waals surface area contributed by atoms with Gasteiger partial charge in [-0.1, -0.05) is 30.3 Å². The summed E-state index contributed by atoms with van der Waals surface area (Å²) >= 11 is 0. The van der Waals surface area contributed by atoms with Crippen LogP contribution in [0.1, 0.15) is 6.42 Å². The van der Waals surface area contributed by atoms with Crippen LogP contribution in [0, 0.1) is 0 Å². The maximum Gasteiger partial charge on any atom is 0.195 e. The zero-order valence-corrected chi connectivity index (χ0v) is 9.61. The van der Waals surface area contributed by atoms with E-state index in [-0.39, 0.29) is 0 Å². The molecule has 0 aromatic heterocycles. The second-order valence-corrected chi connectivity index (χ2v) is 4.20. The topological polar surface area (TPSA) is 36.4 Å². The Balaban J connectivity index is 1.87. The average molecular weight is 225 g/mol. The number of hydrogen-bond donors (Lipinski definition) is 2. The third-order valence-electron chi connectivity index (χ3n) is 2.91.